The average molecular weight is 567 g/mol. The van der Waals surface area contributed by atoms with Gasteiger partial charge >= 0.3 is 0 Å². The normalized spacial score (nSPS) is 11.0. The van der Waals surface area contributed by atoms with Crippen molar-refractivity contribution in [1.82, 2.24) is 5.43 Å². The second-order valence-electron chi connectivity index (χ2n) is 6.88. The topological polar surface area (TPSA) is 70.9 Å². The summed E-state index contributed by atoms with van der Waals surface area (Å²) >= 11 is 12.4. The molecule has 0 saturated heterocycles. The Hall–Kier alpha value is -2.35. The van der Waals surface area contributed by atoms with Crippen LogP contribution in [0.4, 0.5) is 0 Å². The molecule has 0 aliphatic heterocycles. The number of phenolic OH excluding ortho intramolecular Hbond substituents is 1. The molecule has 0 aliphatic rings. The highest BCUT2D eigenvalue weighted by Crippen LogP contribution is 2.31. The van der Waals surface area contributed by atoms with Gasteiger partial charge in [0.15, 0.2) is 0 Å². The highest BCUT2D eigenvalue weighted by molar-refractivity contribution is 9.11. The van der Waals surface area contributed by atoms with Gasteiger partial charge in [0.25, 0.3) is 5.91 Å². The lowest BCUT2D eigenvalue weighted by atomic mass is 10.1. The second-order valence-corrected chi connectivity index (χ2v) is 9.09. The number of aromatic hydroxyl groups is 1. The number of hydrogen-bond donors (Lipinski definition) is 2. The molecule has 0 spiro atoms. The van der Waals surface area contributed by atoms with E-state index in [0.29, 0.717) is 20.6 Å². The number of hydrogen-bond acceptors (Lipinski definition) is 4. The van der Waals surface area contributed by atoms with Crippen LogP contribution < -0.4 is 10.2 Å². The van der Waals surface area contributed by atoms with Crippen LogP contribution in [0.1, 0.15) is 32.6 Å². The van der Waals surface area contributed by atoms with Crippen molar-refractivity contribution >= 4 is 55.6 Å². The largest absolute Gasteiger partial charge is 0.506 e. The summed E-state index contributed by atoms with van der Waals surface area (Å²) in [7, 11) is 0. The van der Waals surface area contributed by atoms with Crippen LogP contribution in [-0.2, 0) is 6.61 Å². The van der Waals surface area contributed by atoms with Gasteiger partial charge in [0, 0.05) is 9.50 Å². The molecule has 1 amide bonds. The molecule has 160 valence electrons. The van der Waals surface area contributed by atoms with Crippen LogP contribution >= 0.6 is 43.5 Å². The third-order valence-corrected chi connectivity index (χ3v) is 5.75. The molecule has 0 bridgehead atoms. The zero-order valence-electron chi connectivity index (χ0n) is 16.7. The van der Waals surface area contributed by atoms with E-state index >= 15 is 0 Å². The quantitative estimate of drug-likeness (QED) is 0.263. The van der Waals surface area contributed by atoms with Gasteiger partial charge in [-0.05, 0) is 88.4 Å². The maximum Gasteiger partial charge on any atom is 0.275 e. The number of carbonyl (C=O) groups excluding carboxylic acids is 1. The molecule has 0 heterocycles. The van der Waals surface area contributed by atoms with Gasteiger partial charge in [-0.1, -0.05) is 39.7 Å². The molecule has 0 unspecified atom stereocenters. The molecule has 0 aliphatic carbocycles. The fraction of sp³-hybridized carbons (Fsp3) is 0.130. The molecule has 0 saturated carbocycles. The van der Waals surface area contributed by atoms with Crippen molar-refractivity contribution in [2.24, 2.45) is 5.10 Å². The third kappa shape index (κ3) is 6.09. The molecule has 0 fully saturated rings. The SMILES string of the molecule is Cc1cc(/C=N\NC(=O)c2cc(Br)cc(Br)c2O)cc(C)c1OCc1ccc(Cl)cc1. The molecule has 0 aromatic heterocycles. The first-order valence-electron chi connectivity index (χ1n) is 9.24. The summed E-state index contributed by atoms with van der Waals surface area (Å²) < 4.78 is 7.06. The van der Waals surface area contributed by atoms with Crippen molar-refractivity contribution in [2.45, 2.75) is 20.5 Å². The summed E-state index contributed by atoms with van der Waals surface area (Å²) in [5.41, 5.74) is 6.29. The van der Waals surface area contributed by atoms with Gasteiger partial charge in [-0.15, -0.1) is 0 Å². The number of nitrogens with one attached hydrogen (secondary N) is 1. The minimum atomic E-state index is -0.521. The van der Waals surface area contributed by atoms with Gasteiger partial charge in [0.2, 0.25) is 0 Å². The van der Waals surface area contributed by atoms with Crippen molar-refractivity contribution in [3.63, 3.8) is 0 Å². The van der Waals surface area contributed by atoms with Crippen LogP contribution in [0.25, 0.3) is 0 Å². The van der Waals surface area contributed by atoms with Crippen LogP contribution in [-0.4, -0.2) is 17.2 Å². The molecular formula is C23H19Br2ClN2O3. The lowest BCUT2D eigenvalue weighted by Gasteiger charge is -2.13. The number of phenols is 1. The molecule has 31 heavy (non-hydrogen) atoms. The molecular weight excluding hydrogens is 548 g/mol. The van der Waals surface area contributed by atoms with Crippen molar-refractivity contribution in [3.05, 3.63) is 90.3 Å². The number of benzene rings is 3. The summed E-state index contributed by atoms with van der Waals surface area (Å²) in [6, 6.07) is 14.5. The summed E-state index contributed by atoms with van der Waals surface area (Å²) in [6.07, 6.45) is 1.55. The van der Waals surface area contributed by atoms with E-state index in [1.54, 1.807) is 12.3 Å². The average Bonchev–Trinajstić information content (AvgIpc) is 2.71. The number of amides is 1. The summed E-state index contributed by atoms with van der Waals surface area (Å²) in [6.45, 7) is 4.35. The van der Waals surface area contributed by atoms with E-state index in [-0.39, 0.29) is 11.3 Å². The smallest absolute Gasteiger partial charge is 0.275 e. The Labute approximate surface area is 202 Å². The van der Waals surface area contributed by atoms with E-state index < -0.39 is 5.91 Å². The van der Waals surface area contributed by atoms with Gasteiger partial charge in [0.1, 0.15) is 18.1 Å². The minimum absolute atomic E-state index is 0.108. The number of carbonyl (C=O) groups is 1. The summed E-state index contributed by atoms with van der Waals surface area (Å²) in [5, 5.41) is 14.8. The highest BCUT2D eigenvalue weighted by Gasteiger charge is 2.14. The van der Waals surface area contributed by atoms with Crippen LogP contribution in [0.5, 0.6) is 11.5 Å². The first-order chi connectivity index (χ1) is 14.7. The van der Waals surface area contributed by atoms with Gasteiger partial charge in [0.05, 0.1) is 16.3 Å². The van der Waals surface area contributed by atoms with Gasteiger partial charge in [-0.3, -0.25) is 4.79 Å². The van der Waals surface area contributed by atoms with Crippen LogP contribution in [0.3, 0.4) is 0 Å². The fourth-order valence-corrected chi connectivity index (χ4v) is 4.34. The lowest BCUT2D eigenvalue weighted by Crippen LogP contribution is -2.18. The lowest BCUT2D eigenvalue weighted by molar-refractivity contribution is 0.0952. The number of hydrazone groups is 1. The Balaban J connectivity index is 1.67. The van der Waals surface area contributed by atoms with E-state index in [0.717, 1.165) is 28.0 Å². The van der Waals surface area contributed by atoms with Crippen molar-refractivity contribution < 1.29 is 14.6 Å². The van der Waals surface area contributed by atoms with Gasteiger partial charge in [-0.25, -0.2) is 5.43 Å². The van der Waals surface area contributed by atoms with E-state index in [1.165, 1.54) is 6.07 Å². The number of ether oxygens (including phenoxy) is 1. The van der Waals surface area contributed by atoms with E-state index in [1.807, 2.05) is 50.2 Å². The van der Waals surface area contributed by atoms with Crippen molar-refractivity contribution in [1.29, 1.82) is 0 Å². The van der Waals surface area contributed by atoms with Crippen LogP contribution in [0, 0.1) is 13.8 Å². The highest BCUT2D eigenvalue weighted by atomic mass is 79.9. The monoisotopic (exact) mass is 564 g/mol. The number of rotatable bonds is 6. The fourth-order valence-electron chi connectivity index (χ4n) is 2.99. The molecule has 3 rings (SSSR count). The number of nitrogens with zero attached hydrogens (tertiary/aromatic N) is 1. The summed E-state index contributed by atoms with van der Waals surface area (Å²) in [4.78, 5) is 12.3. The predicted molar refractivity (Wildman–Crippen MR) is 130 cm³/mol. The van der Waals surface area contributed by atoms with Crippen molar-refractivity contribution in [3.8, 4) is 11.5 Å². The molecule has 8 heteroatoms. The van der Waals surface area contributed by atoms with Gasteiger partial charge in [-0.2, -0.15) is 5.10 Å². The van der Waals surface area contributed by atoms with E-state index in [2.05, 4.69) is 42.4 Å². The zero-order chi connectivity index (χ0) is 22.5. The zero-order valence-corrected chi connectivity index (χ0v) is 20.7. The first kappa shape index (κ1) is 23.3. The second kappa shape index (κ2) is 10.3. The van der Waals surface area contributed by atoms with Crippen LogP contribution in [0.2, 0.25) is 5.02 Å². The Morgan fingerprint density at radius 2 is 1.77 bits per heavy atom. The Morgan fingerprint density at radius 3 is 2.42 bits per heavy atom. The number of aryl methyl sites for hydroxylation is 2. The molecule has 2 N–H and O–H groups in total. The third-order valence-electron chi connectivity index (χ3n) is 4.43. The minimum Gasteiger partial charge on any atom is -0.506 e. The Bertz CT molecular complexity index is 1130. The van der Waals surface area contributed by atoms with Crippen LogP contribution in [0.15, 0.2) is 62.6 Å². The Morgan fingerprint density at radius 1 is 1.13 bits per heavy atom. The molecule has 0 atom stereocenters. The van der Waals surface area contributed by atoms with E-state index in [9.17, 15) is 9.90 Å². The van der Waals surface area contributed by atoms with E-state index in [4.69, 9.17) is 16.3 Å². The first-order valence-corrected chi connectivity index (χ1v) is 11.2. The molecule has 5 nitrogen and oxygen atoms in total. The summed E-state index contributed by atoms with van der Waals surface area (Å²) in [5.74, 6) is 0.136. The maximum absolute atomic E-state index is 12.3. The molecule has 0 radical (unpaired) electrons. The number of halogens is 3. The maximum atomic E-state index is 12.3. The van der Waals surface area contributed by atoms with Gasteiger partial charge < -0.3 is 9.84 Å². The molecule has 3 aromatic rings. The predicted octanol–water partition coefficient (Wildman–Crippen LogP) is 6.53. The Kier molecular flexibility index (Phi) is 7.75. The standard InChI is InChI=1S/C23H19Br2ClN2O3/c1-13-7-16(8-14(2)22(13)31-12-15-3-5-18(26)6-4-15)11-27-28-23(30)19-9-17(24)10-20(25)21(19)29/h3-11,29H,12H2,1-2H3,(H,28,30)/b27-11-. The molecule has 3 aromatic carbocycles. The van der Waals surface area contributed by atoms with Crippen molar-refractivity contribution in [2.75, 3.05) is 0 Å².